The number of thioether (sulfide) groups is 1. The van der Waals surface area contributed by atoms with Crippen molar-refractivity contribution < 1.29 is 13.9 Å². The number of anilines is 1. The Morgan fingerprint density at radius 2 is 2.18 bits per heavy atom. The molecule has 0 spiro atoms. The maximum atomic E-state index is 11.6. The molecule has 7 heteroatoms. The van der Waals surface area contributed by atoms with Gasteiger partial charge in [0.1, 0.15) is 21.6 Å². The lowest BCUT2D eigenvalue weighted by molar-refractivity contribution is -0.115. The molecule has 0 radical (unpaired) electrons. The maximum Gasteiger partial charge on any atom is 0.263 e. The average Bonchev–Trinajstić information content (AvgIpc) is 3.06. The molecule has 0 saturated carbocycles. The van der Waals surface area contributed by atoms with Gasteiger partial charge in [0, 0.05) is 11.6 Å². The van der Waals surface area contributed by atoms with Crippen LogP contribution in [-0.2, 0) is 4.79 Å². The van der Waals surface area contributed by atoms with Crippen molar-refractivity contribution in [3.05, 3.63) is 41.0 Å². The van der Waals surface area contributed by atoms with Gasteiger partial charge in [-0.05, 0) is 30.3 Å². The van der Waals surface area contributed by atoms with E-state index in [1.165, 1.54) is 11.8 Å². The van der Waals surface area contributed by atoms with Gasteiger partial charge in [0.05, 0.1) is 17.7 Å². The average molecular weight is 332 g/mol. The minimum atomic E-state index is -0.207. The number of methoxy groups -OCH3 is 1. The fraction of sp³-hybridized carbons (Fsp3) is 0.0667. The highest BCUT2D eigenvalue weighted by Gasteiger charge is 2.22. The van der Waals surface area contributed by atoms with Crippen molar-refractivity contribution in [1.82, 2.24) is 5.32 Å². The molecular weight excluding hydrogens is 320 g/mol. The van der Waals surface area contributed by atoms with Gasteiger partial charge >= 0.3 is 0 Å². The number of nitrogens with one attached hydrogen (secondary N) is 1. The summed E-state index contributed by atoms with van der Waals surface area (Å²) in [6, 6.07) is 9.03. The first-order valence-corrected chi connectivity index (χ1v) is 7.58. The number of nitrogens with two attached hydrogens (primary N) is 1. The summed E-state index contributed by atoms with van der Waals surface area (Å²) in [5.74, 6) is 1.64. The number of hydrogen-bond donors (Lipinski definition) is 2. The Balaban J connectivity index is 1.88. The highest BCUT2D eigenvalue weighted by atomic mass is 32.2. The van der Waals surface area contributed by atoms with E-state index in [2.05, 4.69) is 5.32 Å². The summed E-state index contributed by atoms with van der Waals surface area (Å²) in [4.78, 5) is 12.1. The summed E-state index contributed by atoms with van der Waals surface area (Å²) >= 11 is 6.16. The van der Waals surface area contributed by atoms with Gasteiger partial charge in [-0.15, -0.1) is 0 Å². The first-order chi connectivity index (χ1) is 10.6. The van der Waals surface area contributed by atoms with Crippen LogP contribution in [0.3, 0.4) is 0 Å². The normalized spacial score (nSPS) is 16.1. The molecule has 0 bridgehead atoms. The number of carbonyl (C=O) groups is 1. The third-order valence-electron chi connectivity index (χ3n) is 3.06. The highest BCUT2D eigenvalue weighted by molar-refractivity contribution is 8.26. The minimum absolute atomic E-state index is 0.207. The number of rotatable bonds is 3. The van der Waals surface area contributed by atoms with Crippen LogP contribution >= 0.6 is 24.0 Å². The lowest BCUT2D eigenvalue weighted by atomic mass is 10.1. The number of hydrogen-bond acceptors (Lipinski definition) is 6. The predicted molar refractivity (Wildman–Crippen MR) is 91.4 cm³/mol. The summed E-state index contributed by atoms with van der Waals surface area (Å²) in [5, 5.41) is 2.56. The number of furan rings is 1. The third-order valence-corrected chi connectivity index (χ3v) is 4.22. The molecule has 1 aromatic carbocycles. The molecule has 0 atom stereocenters. The standard InChI is InChI=1S/C15H12N2O3S2/c1-19-12-4-2-8(6-10(12)16)11-5-3-9(20-11)7-13-14(18)17-15(21)22-13/h2-7H,16H2,1H3,(H,17,18,21)/b13-7-. The lowest BCUT2D eigenvalue weighted by Crippen LogP contribution is -2.17. The Labute approximate surface area is 136 Å². The molecule has 1 saturated heterocycles. The SMILES string of the molecule is COc1ccc(-c2ccc(/C=C3\SC(=S)NC3=O)o2)cc1N. The van der Waals surface area contributed by atoms with Crippen LogP contribution in [0.2, 0.25) is 0 Å². The van der Waals surface area contributed by atoms with E-state index < -0.39 is 0 Å². The van der Waals surface area contributed by atoms with Crippen molar-refractivity contribution >= 4 is 46.0 Å². The van der Waals surface area contributed by atoms with Crippen LogP contribution in [0.5, 0.6) is 5.75 Å². The molecular formula is C15H12N2O3S2. The van der Waals surface area contributed by atoms with Gasteiger partial charge < -0.3 is 20.2 Å². The zero-order valence-corrected chi connectivity index (χ0v) is 13.2. The molecule has 1 amide bonds. The zero-order chi connectivity index (χ0) is 15.7. The number of benzene rings is 1. The van der Waals surface area contributed by atoms with Gasteiger partial charge in [-0.1, -0.05) is 24.0 Å². The van der Waals surface area contributed by atoms with Gasteiger partial charge in [0.2, 0.25) is 0 Å². The quantitative estimate of drug-likeness (QED) is 0.511. The topological polar surface area (TPSA) is 77.5 Å². The van der Waals surface area contributed by atoms with Gasteiger partial charge in [0.25, 0.3) is 5.91 Å². The van der Waals surface area contributed by atoms with Gasteiger partial charge in [-0.2, -0.15) is 0 Å². The van der Waals surface area contributed by atoms with E-state index in [4.69, 9.17) is 27.1 Å². The number of nitrogen functional groups attached to an aromatic ring is 1. The van der Waals surface area contributed by atoms with E-state index in [0.717, 1.165) is 5.56 Å². The summed E-state index contributed by atoms with van der Waals surface area (Å²) in [5.41, 5.74) is 7.26. The van der Waals surface area contributed by atoms with E-state index in [0.29, 0.717) is 32.2 Å². The second-order valence-corrected chi connectivity index (χ2v) is 6.23. The molecule has 2 aromatic rings. The number of ether oxygens (including phenoxy) is 1. The van der Waals surface area contributed by atoms with Crippen LogP contribution < -0.4 is 15.8 Å². The Morgan fingerprint density at radius 3 is 2.82 bits per heavy atom. The van der Waals surface area contributed by atoms with Crippen LogP contribution in [0, 0.1) is 0 Å². The number of amides is 1. The Bertz CT molecular complexity index is 796. The molecule has 1 aliphatic heterocycles. The summed E-state index contributed by atoms with van der Waals surface area (Å²) < 4.78 is 11.3. The van der Waals surface area contributed by atoms with Gasteiger partial charge in [0.15, 0.2) is 0 Å². The molecule has 0 unspecified atom stereocenters. The summed E-state index contributed by atoms with van der Waals surface area (Å²) in [6.45, 7) is 0. The largest absolute Gasteiger partial charge is 0.495 e. The van der Waals surface area contributed by atoms with E-state index in [-0.39, 0.29) is 5.91 Å². The highest BCUT2D eigenvalue weighted by Crippen LogP contribution is 2.31. The van der Waals surface area contributed by atoms with Crippen LogP contribution in [0.15, 0.2) is 39.7 Å². The molecule has 3 rings (SSSR count). The second-order valence-electron chi connectivity index (χ2n) is 4.51. The predicted octanol–water partition coefficient (Wildman–Crippen LogP) is 3.03. The Hall–Kier alpha value is -2.25. The maximum absolute atomic E-state index is 11.6. The Morgan fingerprint density at radius 1 is 1.36 bits per heavy atom. The third kappa shape index (κ3) is 2.86. The van der Waals surface area contributed by atoms with Gasteiger partial charge in [-0.3, -0.25) is 4.79 Å². The van der Waals surface area contributed by atoms with Crippen molar-refractivity contribution in [1.29, 1.82) is 0 Å². The van der Waals surface area contributed by atoms with Gasteiger partial charge in [-0.25, -0.2) is 0 Å². The van der Waals surface area contributed by atoms with Crippen molar-refractivity contribution in [2.24, 2.45) is 0 Å². The van der Waals surface area contributed by atoms with Crippen molar-refractivity contribution in [3.63, 3.8) is 0 Å². The molecule has 112 valence electrons. The van der Waals surface area contributed by atoms with Crippen molar-refractivity contribution in [2.75, 3.05) is 12.8 Å². The van der Waals surface area contributed by atoms with E-state index >= 15 is 0 Å². The zero-order valence-electron chi connectivity index (χ0n) is 11.6. The fourth-order valence-electron chi connectivity index (χ4n) is 2.02. The molecule has 1 aromatic heterocycles. The first kappa shape index (κ1) is 14.7. The van der Waals surface area contributed by atoms with Crippen molar-refractivity contribution in [2.45, 2.75) is 0 Å². The minimum Gasteiger partial charge on any atom is -0.495 e. The molecule has 1 fully saturated rings. The molecule has 5 nitrogen and oxygen atoms in total. The molecule has 1 aliphatic rings. The lowest BCUT2D eigenvalue weighted by Gasteiger charge is -2.05. The van der Waals surface area contributed by atoms with Crippen LogP contribution in [0.25, 0.3) is 17.4 Å². The molecule has 22 heavy (non-hydrogen) atoms. The molecule has 3 N–H and O–H groups in total. The van der Waals surface area contributed by atoms with E-state index in [1.807, 2.05) is 12.1 Å². The van der Waals surface area contributed by atoms with E-state index in [9.17, 15) is 4.79 Å². The van der Waals surface area contributed by atoms with E-state index in [1.54, 1.807) is 31.4 Å². The molecule has 2 heterocycles. The van der Waals surface area contributed by atoms with Crippen LogP contribution in [0.1, 0.15) is 5.76 Å². The monoisotopic (exact) mass is 332 g/mol. The molecule has 0 aliphatic carbocycles. The Kier molecular flexibility index (Phi) is 3.91. The summed E-state index contributed by atoms with van der Waals surface area (Å²) in [7, 11) is 1.57. The number of carbonyl (C=O) groups excluding carboxylic acids is 1. The fourth-order valence-corrected chi connectivity index (χ4v) is 3.05. The first-order valence-electron chi connectivity index (χ1n) is 6.35. The van der Waals surface area contributed by atoms with Crippen molar-refractivity contribution in [3.8, 4) is 17.1 Å². The number of thiocarbonyl (C=S) groups is 1. The second kappa shape index (κ2) is 5.86. The van der Waals surface area contributed by atoms with Crippen LogP contribution in [0.4, 0.5) is 5.69 Å². The smallest absolute Gasteiger partial charge is 0.263 e. The summed E-state index contributed by atoms with van der Waals surface area (Å²) in [6.07, 6.45) is 1.66. The van der Waals surface area contributed by atoms with Crippen LogP contribution in [-0.4, -0.2) is 17.3 Å².